The number of phosphoric acid groups is 1. The normalized spacial score (nSPS) is 12.5. The van der Waals surface area contributed by atoms with Gasteiger partial charge in [-0.3, -0.25) is 14.1 Å². The Kier molecular flexibility index (Phi) is 22.1. The largest absolute Gasteiger partial charge is 0.469 e. The highest BCUT2D eigenvalue weighted by Gasteiger charge is 2.21. The number of carbonyl (C=O) groups is 2. The van der Waals surface area contributed by atoms with Crippen LogP contribution in [0, 0.1) is 0 Å². The molecule has 0 aromatic heterocycles. The molecule has 0 amide bonds. The van der Waals surface area contributed by atoms with Crippen molar-refractivity contribution >= 4 is 20.3 Å². The maximum atomic E-state index is 12.1. The van der Waals surface area contributed by atoms with Gasteiger partial charge in [-0.2, -0.15) is 0 Å². The first-order valence-electron chi connectivity index (χ1n) is 12.5. The van der Waals surface area contributed by atoms with Crippen molar-refractivity contribution in [3.8, 4) is 0 Å². The first-order valence-corrected chi connectivity index (χ1v) is 14.1. The van der Waals surface area contributed by atoms with Gasteiger partial charge in [0.1, 0.15) is 6.10 Å². The molecule has 0 fully saturated rings. The zero-order valence-electron chi connectivity index (χ0n) is 20.4. The summed E-state index contributed by atoms with van der Waals surface area (Å²) in [5.41, 5.74) is 0. The van der Waals surface area contributed by atoms with Gasteiger partial charge < -0.3 is 24.6 Å². The number of hydrogen-bond donors (Lipinski definition) is 3. The highest BCUT2D eigenvalue weighted by atomic mass is 31.2. The molecular weight excluding hydrogens is 449 g/mol. The van der Waals surface area contributed by atoms with E-state index in [2.05, 4.69) is 21.5 Å². The second-order valence-electron chi connectivity index (χ2n) is 8.42. The zero-order valence-corrected chi connectivity index (χ0v) is 21.3. The summed E-state index contributed by atoms with van der Waals surface area (Å²) < 4.78 is 25.6. The molecule has 0 saturated heterocycles. The van der Waals surface area contributed by atoms with E-state index in [0.717, 1.165) is 70.8 Å². The molecule has 0 saturated carbocycles. The van der Waals surface area contributed by atoms with Crippen LogP contribution in [0.15, 0.2) is 0 Å². The average Bonchev–Trinajstić information content (AvgIpc) is 2.76. The van der Waals surface area contributed by atoms with Gasteiger partial charge in [0.25, 0.3) is 6.47 Å². The van der Waals surface area contributed by atoms with E-state index in [1.54, 1.807) is 0 Å². The lowest BCUT2D eigenvalue weighted by Crippen LogP contribution is -2.35. The van der Waals surface area contributed by atoms with E-state index in [1.807, 2.05) is 0 Å². The summed E-state index contributed by atoms with van der Waals surface area (Å²) in [4.78, 5) is 40.0. The molecule has 9 nitrogen and oxygen atoms in total. The van der Waals surface area contributed by atoms with Crippen molar-refractivity contribution in [1.29, 1.82) is 0 Å². The molecule has 0 radical (unpaired) electrons. The molecule has 0 unspecified atom stereocenters. The number of hydrogen-bond acceptors (Lipinski definition) is 7. The first kappa shape index (κ1) is 32.0. The predicted octanol–water partition coefficient (Wildman–Crippen LogP) is 4.64. The van der Waals surface area contributed by atoms with Crippen LogP contribution in [0.3, 0.4) is 0 Å². The molecule has 0 heterocycles. The summed E-state index contributed by atoms with van der Waals surface area (Å²) in [7, 11) is -4.62. The highest BCUT2D eigenvalue weighted by molar-refractivity contribution is 7.46. The fourth-order valence-electron chi connectivity index (χ4n) is 3.42. The number of carbonyl (C=O) groups excluding carboxylic acids is 2. The SMILES string of the molecule is CCCCCCCCCC(=O)O[C@@H](CNCCCCCCCCCOC=O)COP(=O)(O)O. The Bertz CT molecular complexity index is 515. The lowest BCUT2D eigenvalue weighted by atomic mass is 10.1. The van der Waals surface area contributed by atoms with Gasteiger partial charge in [-0.05, 0) is 25.8 Å². The zero-order chi connectivity index (χ0) is 24.6. The molecule has 0 rings (SSSR count). The molecule has 0 spiro atoms. The third kappa shape index (κ3) is 25.5. The molecule has 0 aromatic rings. The second kappa shape index (κ2) is 22.8. The summed E-state index contributed by atoms with van der Waals surface area (Å²) in [6.07, 6.45) is 14.6. The smallest absolute Gasteiger partial charge is 0.468 e. The van der Waals surface area contributed by atoms with E-state index in [1.165, 1.54) is 25.7 Å². The average molecular weight is 496 g/mol. The van der Waals surface area contributed by atoms with E-state index >= 15 is 0 Å². The minimum Gasteiger partial charge on any atom is -0.468 e. The number of nitrogens with one attached hydrogen (secondary N) is 1. The van der Waals surface area contributed by atoms with Gasteiger partial charge in [-0.15, -0.1) is 0 Å². The van der Waals surface area contributed by atoms with Crippen LogP contribution in [0.25, 0.3) is 0 Å². The molecule has 1 atom stereocenters. The Morgan fingerprint density at radius 3 is 2.09 bits per heavy atom. The number of rotatable bonds is 25. The number of ether oxygens (including phenoxy) is 2. The third-order valence-electron chi connectivity index (χ3n) is 5.27. The van der Waals surface area contributed by atoms with Crippen molar-refractivity contribution in [2.24, 2.45) is 0 Å². The van der Waals surface area contributed by atoms with Crippen LogP contribution in [0.1, 0.15) is 103 Å². The molecule has 0 aliphatic rings. The molecule has 0 aliphatic carbocycles. The second-order valence-corrected chi connectivity index (χ2v) is 9.65. The van der Waals surface area contributed by atoms with Crippen LogP contribution in [-0.2, 0) is 28.2 Å². The molecule has 0 aliphatic heterocycles. The fourth-order valence-corrected chi connectivity index (χ4v) is 3.78. The van der Waals surface area contributed by atoms with Crippen LogP contribution in [0.4, 0.5) is 0 Å². The van der Waals surface area contributed by atoms with Crippen molar-refractivity contribution in [3.63, 3.8) is 0 Å². The van der Waals surface area contributed by atoms with Crippen LogP contribution in [0.5, 0.6) is 0 Å². The monoisotopic (exact) mass is 495 g/mol. The lowest BCUT2D eigenvalue weighted by Gasteiger charge is -2.19. The van der Waals surface area contributed by atoms with E-state index in [4.69, 9.17) is 14.5 Å². The summed E-state index contributed by atoms with van der Waals surface area (Å²) in [5.74, 6) is -0.358. The van der Waals surface area contributed by atoms with Crippen LogP contribution in [0.2, 0.25) is 0 Å². The standard InChI is InChI=1S/C23H46NO8P/c1-2-3-4-5-7-10-13-16-23(26)32-22(20-31-33(27,28)29)19-24-17-14-11-8-6-9-12-15-18-30-21-25/h21-22,24H,2-20H2,1H3,(H2,27,28,29)/t22-/m0/s1. The Morgan fingerprint density at radius 1 is 0.909 bits per heavy atom. The van der Waals surface area contributed by atoms with Gasteiger partial charge in [0.2, 0.25) is 0 Å². The minimum atomic E-state index is -4.62. The summed E-state index contributed by atoms with van der Waals surface area (Å²) in [5, 5.41) is 3.19. The van der Waals surface area contributed by atoms with Crippen LogP contribution >= 0.6 is 7.82 Å². The Balaban J connectivity index is 3.93. The van der Waals surface area contributed by atoms with Gasteiger partial charge in [-0.1, -0.05) is 77.6 Å². The van der Waals surface area contributed by atoms with Gasteiger partial charge in [0, 0.05) is 13.0 Å². The topological polar surface area (TPSA) is 131 Å². The van der Waals surface area contributed by atoms with E-state index < -0.39 is 13.9 Å². The van der Waals surface area contributed by atoms with Crippen molar-refractivity contribution in [2.75, 3.05) is 26.3 Å². The fraction of sp³-hybridized carbons (Fsp3) is 0.913. The van der Waals surface area contributed by atoms with Gasteiger partial charge in [0.05, 0.1) is 13.2 Å². The summed E-state index contributed by atoms with van der Waals surface area (Å²) in [6, 6.07) is 0. The van der Waals surface area contributed by atoms with Gasteiger partial charge in [-0.25, -0.2) is 4.57 Å². The predicted molar refractivity (Wildman–Crippen MR) is 128 cm³/mol. The lowest BCUT2D eigenvalue weighted by molar-refractivity contribution is -0.150. The molecule has 33 heavy (non-hydrogen) atoms. The molecule has 10 heteroatoms. The maximum Gasteiger partial charge on any atom is 0.469 e. The molecule has 0 aromatic carbocycles. The van der Waals surface area contributed by atoms with Crippen molar-refractivity contribution in [1.82, 2.24) is 5.32 Å². The van der Waals surface area contributed by atoms with Crippen molar-refractivity contribution < 1.29 is 37.9 Å². The maximum absolute atomic E-state index is 12.1. The third-order valence-corrected chi connectivity index (χ3v) is 5.75. The number of unbranched alkanes of at least 4 members (excludes halogenated alkanes) is 12. The highest BCUT2D eigenvalue weighted by Crippen LogP contribution is 2.35. The molecule has 0 bridgehead atoms. The molecular formula is C23H46NO8P. The van der Waals surface area contributed by atoms with Crippen molar-refractivity contribution in [3.05, 3.63) is 0 Å². The minimum absolute atomic E-state index is 0.291. The Labute approximate surface area is 199 Å². The van der Waals surface area contributed by atoms with Crippen LogP contribution in [-0.4, -0.2) is 54.6 Å². The Hall–Kier alpha value is -0.990. The summed E-state index contributed by atoms with van der Waals surface area (Å²) in [6.45, 7) is 3.83. The van der Waals surface area contributed by atoms with E-state index in [0.29, 0.717) is 26.0 Å². The van der Waals surface area contributed by atoms with Crippen molar-refractivity contribution in [2.45, 2.75) is 109 Å². The Morgan fingerprint density at radius 2 is 1.48 bits per heavy atom. The van der Waals surface area contributed by atoms with Gasteiger partial charge in [0.15, 0.2) is 0 Å². The molecule has 3 N–H and O–H groups in total. The number of phosphoric ester groups is 1. The first-order chi connectivity index (χ1) is 15.9. The molecule has 196 valence electrons. The van der Waals surface area contributed by atoms with E-state index in [9.17, 15) is 14.2 Å². The van der Waals surface area contributed by atoms with Gasteiger partial charge >= 0.3 is 13.8 Å². The quantitative estimate of drug-likeness (QED) is 0.0717. The summed E-state index contributed by atoms with van der Waals surface area (Å²) >= 11 is 0. The van der Waals surface area contributed by atoms with Crippen LogP contribution < -0.4 is 5.32 Å². The number of esters is 1. The van der Waals surface area contributed by atoms with E-state index in [-0.39, 0.29) is 12.6 Å².